The first-order valence-electron chi connectivity index (χ1n) is 10.1. The van der Waals surface area contributed by atoms with Crippen molar-refractivity contribution in [3.63, 3.8) is 0 Å². The third-order valence-corrected chi connectivity index (χ3v) is 5.18. The highest BCUT2D eigenvalue weighted by Crippen LogP contribution is 2.25. The number of aryl methyl sites for hydroxylation is 1. The Balaban J connectivity index is 1.47. The van der Waals surface area contributed by atoms with E-state index in [0.29, 0.717) is 5.69 Å². The first-order chi connectivity index (χ1) is 15.0. The van der Waals surface area contributed by atoms with Crippen molar-refractivity contribution in [2.24, 2.45) is 7.05 Å². The van der Waals surface area contributed by atoms with Gasteiger partial charge in [0.25, 0.3) is 0 Å². The number of anilines is 1. The zero-order valence-electron chi connectivity index (χ0n) is 17.5. The van der Waals surface area contributed by atoms with Gasteiger partial charge in [-0.05, 0) is 42.0 Å². The number of rotatable bonds is 6. The first kappa shape index (κ1) is 20.3. The van der Waals surface area contributed by atoms with Crippen molar-refractivity contribution in [2.45, 2.75) is 19.4 Å². The van der Waals surface area contributed by atoms with Crippen molar-refractivity contribution in [3.8, 4) is 11.4 Å². The molecule has 0 aliphatic rings. The predicted octanol–water partition coefficient (Wildman–Crippen LogP) is 4.45. The smallest absolute Gasteiger partial charge is 0.226 e. The van der Waals surface area contributed by atoms with Gasteiger partial charge >= 0.3 is 0 Å². The van der Waals surface area contributed by atoms with Gasteiger partial charge in [-0.15, -0.1) is 0 Å². The second-order valence-electron chi connectivity index (χ2n) is 7.48. The monoisotopic (exact) mass is 412 g/mol. The lowest BCUT2D eigenvalue weighted by atomic mass is 10.0. The second-order valence-corrected chi connectivity index (χ2v) is 7.48. The SMILES string of the molecule is CC(=O)NC(CC(=O)Nc1ccc(-c2nc3ccccc3n2C)cc1)c1ccccc1. The van der Waals surface area contributed by atoms with Crippen LogP contribution in [0.5, 0.6) is 0 Å². The summed E-state index contributed by atoms with van der Waals surface area (Å²) in [5, 5.41) is 5.77. The molecule has 6 nitrogen and oxygen atoms in total. The van der Waals surface area contributed by atoms with Crippen LogP contribution in [0.3, 0.4) is 0 Å². The van der Waals surface area contributed by atoms with E-state index in [4.69, 9.17) is 4.98 Å². The molecule has 4 aromatic rings. The number of benzene rings is 3. The number of hydrogen-bond acceptors (Lipinski definition) is 3. The van der Waals surface area contributed by atoms with Gasteiger partial charge in [-0.1, -0.05) is 42.5 Å². The van der Waals surface area contributed by atoms with Crippen LogP contribution >= 0.6 is 0 Å². The summed E-state index contributed by atoms with van der Waals surface area (Å²) in [5.41, 5.74) is 4.58. The van der Waals surface area contributed by atoms with Crippen LogP contribution in [0.2, 0.25) is 0 Å². The summed E-state index contributed by atoms with van der Waals surface area (Å²) in [4.78, 5) is 28.9. The van der Waals surface area contributed by atoms with Crippen molar-refractivity contribution in [3.05, 3.63) is 84.4 Å². The van der Waals surface area contributed by atoms with Crippen LogP contribution in [-0.2, 0) is 16.6 Å². The molecule has 0 saturated heterocycles. The van der Waals surface area contributed by atoms with E-state index in [9.17, 15) is 9.59 Å². The molecule has 1 unspecified atom stereocenters. The van der Waals surface area contributed by atoms with Gasteiger partial charge in [0, 0.05) is 25.2 Å². The number of para-hydroxylation sites is 2. The fourth-order valence-electron chi connectivity index (χ4n) is 3.69. The molecule has 0 bridgehead atoms. The molecule has 0 fully saturated rings. The average molecular weight is 412 g/mol. The maximum Gasteiger partial charge on any atom is 0.226 e. The third-order valence-electron chi connectivity index (χ3n) is 5.18. The molecule has 1 aromatic heterocycles. The molecule has 6 heteroatoms. The van der Waals surface area contributed by atoms with E-state index < -0.39 is 0 Å². The second kappa shape index (κ2) is 8.83. The molecule has 31 heavy (non-hydrogen) atoms. The van der Waals surface area contributed by atoms with Crippen LogP contribution in [-0.4, -0.2) is 21.4 Å². The Hall–Kier alpha value is -3.93. The van der Waals surface area contributed by atoms with E-state index in [1.807, 2.05) is 85.9 Å². The van der Waals surface area contributed by atoms with Gasteiger partial charge in [0.05, 0.1) is 23.5 Å². The summed E-state index contributed by atoms with van der Waals surface area (Å²) in [5.74, 6) is 0.528. The Morgan fingerprint density at radius 2 is 1.61 bits per heavy atom. The van der Waals surface area contributed by atoms with Crippen LogP contribution in [0.4, 0.5) is 5.69 Å². The molecule has 2 amide bonds. The standard InChI is InChI=1S/C25H24N4O2/c1-17(30)26-22(18-8-4-3-5-9-18)16-24(31)27-20-14-12-19(13-15-20)25-28-21-10-6-7-11-23(21)29(25)2/h3-15,22H,16H2,1-2H3,(H,26,30)(H,27,31). The number of imidazole rings is 1. The Morgan fingerprint density at radius 1 is 0.935 bits per heavy atom. The van der Waals surface area contributed by atoms with Crippen LogP contribution in [0, 0.1) is 0 Å². The summed E-state index contributed by atoms with van der Waals surface area (Å²) in [6, 6.07) is 24.7. The largest absolute Gasteiger partial charge is 0.349 e. The number of nitrogens with one attached hydrogen (secondary N) is 2. The van der Waals surface area contributed by atoms with Crippen LogP contribution < -0.4 is 10.6 Å². The molecule has 4 rings (SSSR count). The first-order valence-corrected chi connectivity index (χ1v) is 10.1. The maximum absolute atomic E-state index is 12.6. The van der Waals surface area contributed by atoms with Gasteiger partial charge in [-0.3, -0.25) is 9.59 Å². The van der Waals surface area contributed by atoms with Crippen molar-refractivity contribution in [2.75, 3.05) is 5.32 Å². The minimum Gasteiger partial charge on any atom is -0.349 e. The fourth-order valence-corrected chi connectivity index (χ4v) is 3.69. The lowest BCUT2D eigenvalue weighted by molar-refractivity contribution is -0.120. The lowest BCUT2D eigenvalue weighted by Gasteiger charge is -2.18. The van der Waals surface area contributed by atoms with Gasteiger partial charge in [-0.25, -0.2) is 4.98 Å². The molecule has 156 valence electrons. The summed E-state index contributed by atoms with van der Waals surface area (Å²) < 4.78 is 2.06. The van der Waals surface area contributed by atoms with Gasteiger partial charge in [0.15, 0.2) is 0 Å². The van der Waals surface area contributed by atoms with E-state index in [2.05, 4.69) is 15.2 Å². The summed E-state index contributed by atoms with van der Waals surface area (Å²) >= 11 is 0. The molecule has 0 aliphatic heterocycles. The summed E-state index contributed by atoms with van der Waals surface area (Å²) in [6.45, 7) is 1.45. The van der Waals surface area contributed by atoms with Crippen LogP contribution in [0.1, 0.15) is 24.9 Å². The zero-order valence-corrected chi connectivity index (χ0v) is 17.5. The highest BCUT2D eigenvalue weighted by atomic mass is 16.2. The van der Waals surface area contributed by atoms with Crippen LogP contribution in [0.25, 0.3) is 22.4 Å². The number of nitrogens with zero attached hydrogens (tertiary/aromatic N) is 2. The van der Waals surface area contributed by atoms with E-state index in [0.717, 1.165) is 28.0 Å². The average Bonchev–Trinajstić information content (AvgIpc) is 3.11. The highest BCUT2D eigenvalue weighted by Gasteiger charge is 2.17. The Morgan fingerprint density at radius 3 is 2.29 bits per heavy atom. The number of carbonyl (C=O) groups is 2. The van der Waals surface area contributed by atoms with Crippen LogP contribution in [0.15, 0.2) is 78.9 Å². The quantitative estimate of drug-likeness (QED) is 0.491. The normalized spacial score (nSPS) is 11.8. The third kappa shape index (κ3) is 4.64. The topological polar surface area (TPSA) is 76.0 Å². The molecule has 0 saturated carbocycles. The van der Waals surface area contributed by atoms with Gasteiger partial charge in [0.1, 0.15) is 5.82 Å². The Kier molecular flexibility index (Phi) is 5.80. The van der Waals surface area contributed by atoms with Gasteiger partial charge in [0.2, 0.25) is 11.8 Å². The van der Waals surface area contributed by atoms with E-state index in [1.165, 1.54) is 6.92 Å². The summed E-state index contributed by atoms with van der Waals surface area (Å²) in [7, 11) is 1.99. The minimum atomic E-state index is -0.377. The van der Waals surface area contributed by atoms with Crippen molar-refractivity contribution < 1.29 is 9.59 Å². The fraction of sp³-hybridized carbons (Fsp3) is 0.160. The number of fused-ring (bicyclic) bond motifs is 1. The van der Waals surface area contributed by atoms with Crippen molar-refractivity contribution >= 4 is 28.5 Å². The molecule has 0 spiro atoms. The number of amides is 2. The number of aromatic nitrogens is 2. The molecular weight excluding hydrogens is 388 g/mol. The lowest BCUT2D eigenvalue weighted by Crippen LogP contribution is -2.29. The maximum atomic E-state index is 12.6. The van der Waals surface area contributed by atoms with E-state index in [1.54, 1.807) is 0 Å². The molecule has 0 aliphatic carbocycles. The molecular formula is C25H24N4O2. The molecule has 1 atom stereocenters. The molecule has 1 heterocycles. The zero-order chi connectivity index (χ0) is 21.8. The molecule has 2 N–H and O–H groups in total. The van der Waals surface area contributed by atoms with Gasteiger partial charge in [-0.2, -0.15) is 0 Å². The van der Waals surface area contributed by atoms with Gasteiger partial charge < -0.3 is 15.2 Å². The molecule has 3 aromatic carbocycles. The number of carbonyl (C=O) groups excluding carboxylic acids is 2. The minimum absolute atomic E-state index is 0.149. The van der Waals surface area contributed by atoms with Crippen molar-refractivity contribution in [1.29, 1.82) is 0 Å². The van der Waals surface area contributed by atoms with E-state index in [-0.39, 0.29) is 24.3 Å². The Labute approximate surface area is 180 Å². The Bertz CT molecular complexity index is 1210. The van der Waals surface area contributed by atoms with Crippen molar-refractivity contribution in [1.82, 2.24) is 14.9 Å². The number of hydrogen-bond donors (Lipinski definition) is 2. The van der Waals surface area contributed by atoms with E-state index >= 15 is 0 Å². The molecule has 0 radical (unpaired) electrons. The predicted molar refractivity (Wildman–Crippen MR) is 122 cm³/mol. The highest BCUT2D eigenvalue weighted by molar-refractivity contribution is 5.92. The summed E-state index contributed by atoms with van der Waals surface area (Å²) in [6.07, 6.45) is 0.149.